The predicted octanol–water partition coefficient (Wildman–Crippen LogP) is 3.06. The van der Waals surface area contributed by atoms with Crippen LogP contribution in [-0.4, -0.2) is 75.3 Å². The Labute approximate surface area is 189 Å². The third-order valence-electron chi connectivity index (χ3n) is 7.64. The van der Waals surface area contributed by atoms with Crippen molar-refractivity contribution in [2.45, 2.75) is 38.3 Å². The van der Waals surface area contributed by atoms with Crippen LogP contribution in [0.4, 0.5) is 0 Å². The maximum absolute atomic E-state index is 12.9. The standard InChI is InChI=1S/C26H31N5O/c32-26(30-14-12-29(13-15-30)24-2-1-3-24)19-28-10-8-21-16-20(4-5-22(21)17-28)23-6-7-25-27-9-11-31(25)18-23/h4-7,9,11,16,18,24H,1-3,8,10,12-15,17,19H2. The van der Waals surface area contributed by atoms with Gasteiger partial charge in [0, 0.05) is 63.9 Å². The smallest absolute Gasteiger partial charge is 0.236 e. The third kappa shape index (κ3) is 3.82. The van der Waals surface area contributed by atoms with E-state index < -0.39 is 0 Å². The van der Waals surface area contributed by atoms with Crippen molar-refractivity contribution >= 4 is 11.6 Å². The van der Waals surface area contributed by atoms with E-state index in [9.17, 15) is 4.79 Å². The van der Waals surface area contributed by atoms with Gasteiger partial charge in [0.1, 0.15) is 5.65 Å². The molecule has 0 unspecified atom stereocenters. The van der Waals surface area contributed by atoms with E-state index >= 15 is 0 Å². The molecule has 1 aromatic carbocycles. The lowest BCUT2D eigenvalue weighted by Crippen LogP contribution is -2.55. The highest BCUT2D eigenvalue weighted by Gasteiger charge is 2.30. The van der Waals surface area contributed by atoms with Crippen LogP contribution in [0.1, 0.15) is 30.4 Å². The second-order valence-electron chi connectivity index (χ2n) is 9.56. The normalized spacial score (nSPS) is 20.3. The number of imidazole rings is 1. The van der Waals surface area contributed by atoms with Gasteiger partial charge in [0.25, 0.3) is 0 Å². The number of nitrogens with zero attached hydrogens (tertiary/aromatic N) is 5. The average Bonchev–Trinajstić information content (AvgIpc) is 3.26. The molecule has 6 rings (SSSR count). The number of rotatable bonds is 4. The molecule has 1 saturated heterocycles. The van der Waals surface area contributed by atoms with Gasteiger partial charge in [-0.1, -0.05) is 24.6 Å². The number of amides is 1. The first-order valence-corrected chi connectivity index (χ1v) is 12.0. The van der Waals surface area contributed by atoms with Gasteiger partial charge in [-0.25, -0.2) is 4.98 Å². The summed E-state index contributed by atoms with van der Waals surface area (Å²) < 4.78 is 2.06. The summed E-state index contributed by atoms with van der Waals surface area (Å²) in [7, 11) is 0. The topological polar surface area (TPSA) is 44.1 Å². The molecule has 1 saturated carbocycles. The molecule has 0 bridgehead atoms. The molecule has 1 aliphatic carbocycles. The van der Waals surface area contributed by atoms with Crippen LogP contribution in [-0.2, 0) is 17.8 Å². The SMILES string of the molecule is O=C(CN1CCc2cc(-c3ccc4nccn4c3)ccc2C1)N1CCN(C2CCC2)CC1. The van der Waals surface area contributed by atoms with Gasteiger partial charge in [-0.3, -0.25) is 14.6 Å². The molecular formula is C26H31N5O. The number of carbonyl (C=O) groups excluding carboxylic acids is 1. The molecule has 2 aliphatic heterocycles. The zero-order valence-electron chi connectivity index (χ0n) is 18.6. The minimum Gasteiger partial charge on any atom is -0.339 e. The first-order chi connectivity index (χ1) is 15.7. The minimum absolute atomic E-state index is 0.298. The molecule has 4 heterocycles. The van der Waals surface area contributed by atoms with Crippen LogP contribution >= 0.6 is 0 Å². The van der Waals surface area contributed by atoms with E-state index in [-0.39, 0.29) is 0 Å². The number of aromatic nitrogens is 2. The molecule has 32 heavy (non-hydrogen) atoms. The summed E-state index contributed by atoms with van der Waals surface area (Å²) in [4.78, 5) is 24.2. The van der Waals surface area contributed by atoms with Gasteiger partial charge in [-0.2, -0.15) is 0 Å². The molecule has 6 heteroatoms. The average molecular weight is 430 g/mol. The molecule has 1 amide bonds. The molecule has 0 spiro atoms. The van der Waals surface area contributed by atoms with Gasteiger partial charge in [0.2, 0.25) is 5.91 Å². The lowest BCUT2D eigenvalue weighted by molar-refractivity contribution is -0.135. The van der Waals surface area contributed by atoms with Crippen LogP contribution in [0.15, 0.2) is 48.9 Å². The summed E-state index contributed by atoms with van der Waals surface area (Å²) in [5.74, 6) is 0.298. The fourth-order valence-corrected chi connectivity index (χ4v) is 5.40. The van der Waals surface area contributed by atoms with E-state index in [1.165, 1.54) is 41.5 Å². The Hall–Kier alpha value is -2.70. The molecule has 2 fully saturated rings. The summed E-state index contributed by atoms with van der Waals surface area (Å²) in [5.41, 5.74) is 6.18. The lowest BCUT2D eigenvalue weighted by Gasteiger charge is -2.43. The molecule has 0 radical (unpaired) electrons. The molecule has 0 N–H and O–H groups in total. The summed E-state index contributed by atoms with van der Waals surface area (Å²) >= 11 is 0. The van der Waals surface area contributed by atoms with Crippen LogP contribution in [0.3, 0.4) is 0 Å². The van der Waals surface area contributed by atoms with Crippen LogP contribution in [0.25, 0.3) is 16.8 Å². The van der Waals surface area contributed by atoms with E-state index in [0.29, 0.717) is 12.5 Å². The maximum Gasteiger partial charge on any atom is 0.236 e. The van der Waals surface area contributed by atoms with E-state index in [2.05, 4.69) is 60.6 Å². The van der Waals surface area contributed by atoms with Gasteiger partial charge >= 0.3 is 0 Å². The van der Waals surface area contributed by atoms with E-state index in [1.807, 2.05) is 12.4 Å². The fraction of sp³-hybridized carbons (Fsp3) is 0.462. The van der Waals surface area contributed by atoms with Crippen molar-refractivity contribution < 1.29 is 4.79 Å². The largest absolute Gasteiger partial charge is 0.339 e. The number of hydrogen-bond donors (Lipinski definition) is 0. The Morgan fingerprint density at radius 3 is 2.62 bits per heavy atom. The Bertz CT molecular complexity index is 1130. The van der Waals surface area contributed by atoms with Crippen molar-refractivity contribution in [2.75, 3.05) is 39.3 Å². The highest BCUT2D eigenvalue weighted by atomic mass is 16.2. The van der Waals surface area contributed by atoms with Crippen molar-refractivity contribution in [3.05, 3.63) is 60.0 Å². The molecule has 3 aliphatic rings. The quantitative estimate of drug-likeness (QED) is 0.640. The first-order valence-electron chi connectivity index (χ1n) is 12.0. The van der Waals surface area contributed by atoms with Crippen molar-refractivity contribution in [1.29, 1.82) is 0 Å². The van der Waals surface area contributed by atoms with E-state index in [4.69, 9.17) is 0 Å². The van der Waals surface area contributed by atoms with Crippen LogP contribution in [0.2, 0.25) is 0 Å². The van der Waals surface area contributed by atoms with Crippen molar-refractivity contribution in [2.24, 2.45) is 0 Å². The number of pyridine rings is 1. The van der Waals surface area contributed by atoms with Crippen molar-refractivity contribution in [1.82, 2.24) is 24.1 Å². The fourth-order valence-electron chi connectivity index (χ4n) is 5.40. The second kappa shape index (κ2) is 8.34. The zero-order valence-corrected chi connectivity index (χ0v) is 18.6. The molecule has 2 aromatic heterocycles. The molecule has 6 nitrogen and oxygen atoms in total. The molecule has 166 valence electrons. The van der Waals surface area contributed by atoms with Crippen LogP contribution in [0, 0.1) is 0 Å². The Morgan fingerprint density at radius 1 is 0.969 bits per heavy atom. The summed E-state index contributed by atoms with van der Waals surface area (Å²) in [6, 6.07) is 11.8. The van der Waals surface area contributed by atoms with Gasteiger partial charge in [-0.05, 0) is 53.6 Å². The predicted molar refractivity (Wildman–Crippen MR) is 125 cm³/mol. The number of carbonyl (C=O) groups is 1. The molecule has 0 atom stereocenters. The monoisotopic (exact) mass is 429 g/mol. The number of hydrogen-bond acceptors (Lipinski definition) is 4. The lowest BCUT2D eigenvalue weighted by atomic mass is 9.91. The zero-order chi connectivity index (χ0) is 21.5. The molecular weight excluding hydrogens is 398 g/mol. The van der Waals surface area contributed by atoms with Gasteiger partial charge < -0.3 is 9.30 Å². The van der Waals surface area contributed by atoms with E-state index in [0.717, 1.165) is 57.4 Å². The van der Waals surface area contributed by atoms with Crippen molar-refractivity contribution in [3.63, 3.8) is 0 Å². The Balaban J connectivity index is 1.08. The van der Waals surface area contributed by atoms with Gasteiger partial charge in [-0.15, -0.1) is 0 Å². The van der Waals surface area contributed by atoms with Crippen LogP contribution < -0.4 is 0 Å². The number of piperazine rings is 1. The van der Waals surface area contributed by atoms with Gasteiger partial charge in [0.15, 0.2) is 0 Å². The van der Waals surface area contributed by atoms with E-state index in [1.54, 1.807) is 0 Å². The number of benzene rings is 1. The summed E-state index contributed by atoms with van der Waals surface area (Å²) in [5, 5.41) is 0. The first kappa shape index (κ1) is 19.9. The molecule has 3 aromatic rings. The van der Waals surface area contributed by atoms with Gasteiger partial charge in [0.05, 0.1) is 6.54 Å². The summed E-state index contributed by atoms with van der Waals surface area (Å²) in [6.07, 6.45) is 11.0. The third-order valence-corrected chi connectivity index (χ3v) is 7.64. The summed E-state index contributed by atoms with van der Waals surface area (Å²) in [6.45, 7) is 6.24. The highest BCUT2D eigenvalue weighted by molar-refractivity contribution is 5.78. The highest BCUT2D eigenvalue weighted by Crippen LogP contribution is 2.27. The minimum atomic E-state index is 0.298. The van der Waals surface area contributed by atoms with Crippen LogP contribution in [0.5, 0.6) is 0 Å². The Morgan fingerprint density at radius 2 is 1.81 bits per heavy atom. The maximum atomic E-state index is 12.9. The van der Waals surface area contributed by atoms with Crippen molar-refractivity contribution in [3.8, 4) is 11.1 Å². The number of fused-ring (bicyclic) bond motifs is 2. The second-order valence-corrected chi connectivity index (χ2v) is 9.56. The Kier molecular flexibility index (Phi) is 5.20.